The van der Waals surface area contributed by atoms with Gasteiger partial charge in [-0.05, 0) is 42.7 Å². The molecule has 0 radical (unpaired) electrons. The Kier molecular flexibility index (Phi) is 9.93. The summed E-state index contributed by atoms with van der Waals surface area (Å²) in [6, 6.07) is 16.2. The number of amides is 1. The van der Waals surface area contributed by atoms with Crippen molar-refractivity contribution in [3.63, 3.8) is 0 Å². The van der Waals surface area contributed by atoms with Gasteiger partial charge in [-0.25, -0.2) is 0 Å². The van der Waals surface area contributed by atoms with Gasteiger partial charge in [0, 0.05) is 31.1 Å². The zero-order valence-electron chi connectivity index (χ0n) is 17.6. The van der Waals surface area contributed by atoms with E-state index in [9.17, 15) is 4.79 Å². The monoisotopic (exact) mass is 522 g/mol. The first-order chi connectivity index (χ1) is 14.2. The second kappa shape index (κ2) is 12.4. The third-order valence-electron chi connectivity index (χ3n) is 4.87. The van der Waals surface area contributed by atoms with Crippen molar-refractivity contribution in [3.8, 4) is 5.75 Å². The van der Waals surface area contributed by atoms with E-state index in [1.165, 1.54) is 5.56 Å². The smallest absolute Gasteiger partial charge is 0.224 e. The molecule has 0 saturated carbocycles. The lowest BCUT2D eigenvalue weighted by atomic mass is 10.0. The van der Waals surface area contributed by atoms with Crippen molar-refractivity contribution in [2.24, 2.45) is 4.99 Å². The topological polar surface area (TPSA) is 74.8 Å². The Morgan fingerprint density at radius 2 is 1.97 bits per heavy atom. The molecule has 162 valence electrons. The predicted molar refractivity (Wildman–Crippen MR) is 133 cm³/mol. The number of guanidine groups is 1. The quantitative estimate of drug-likeness (QED) is 0.213. The molecule has 0 saturated heterocycles. The number of hydrogen-bond donors (Lipinski definition) is 3. The maximum atomic E-state index is 11.4. The fourth-order valence-electron chi connectivity index (χ4n) is 3.24. The highest BCUT2D eigenvalue weighted by molar-refractivity contribution is 14.0. The summed E-state index contributed by atoms with van der Waals surface area (Å²) in [7, 11) is 0. The maximum absolute atomic E-state index is 11.4. The van der Waals surface area contributed by atoms with Gasteiger partial charge in [0.25, 0.3) is 0 Å². The second-order valence-corrected chi connectivity index (χ2v) is 7.17. The largest absolute Gasteiger partial charge is 0.492 e. The van der Waals surface area contributed by atoms with Crippen molar-refractivity contribution in [2.45, 2.75) is 32.6 Å². The molecule has 1 aliphatic rings. The molecular formula is C23H31IN4O2. The third-order valence-corrected chi connectivity index (χ3v) is 4.87. The molecule has 7 heteroatoms. The van der Waals surface area contributed by atoms with Gasteiger partial charge < -0.3 is 20.7 Å². The normalized spacial score (nSPS) is 14.1. The summed E-state index contributed by atoms with van der Waals surface area (Å²) in [6.07, 6.45) is 1.29. The fourth-order valence-corrected chi connectivity index (χ4v) is 3.24. The number of carbonyl (C=O) groups excluding carboxylic acids is 1. The van der Waals surface area contributed by atoms with Crippen LogP contribution in [-0.4, -0.2) is 38.1 Å². The van der Waals surface area contributed by atoms with Gasteiger partial charge in [0.1, 0.15) is 12.4 Å². The zero-order chi connectivity index (χ0) is 20.5. The van der Waals surface area contributed by atoms with Crippen LogP contribution in [0.25, 0.3) is 0 Å². The lowest BCUT2D eigenvalue weighted by molar-refractivity contribution is -0.116. The van der Waals surface area contributed by atoms with Crippen LogP contribution in [0.3, 0.4) is 0 Å². The molecule has 2 aromatic rings. The molecule has 1 amide bonds. The molecule has 1 aliphatic heterocycles. The van der Waals surface area contributed by atoms with Crippen LogP contribution >= 0.6 is 24.0 Å². The minimum Gasteiger partial charge on any atom is -0.492 e. The first kappa shape index (κ1) is 24.0. The lowest BCUT2D eigenvalue weighted by Crippen LogP contribution is -2.39. The second-order valence-electron chi connectivity index (χ2n) is 7.17. The molecule has 30 heavy (non-hydrogen) atoms. The average Bonchev–Trinajstić information content (AvgIpc) is 2.75. The van der Waals surface area contributed by atoms with E-state index < -0.39 is 0 Å². The summed E-state index contributed by atoms with van der Waals surface area (Å²) in [5.74, 6) is 2.06. The number of ether oxygens (including phenoxy) is 1. The molecule has 2 aromatic carbocycles. The van der Waals surface area contributed by atoms with Crippen LogP contribution in [0.5, 0.6) is 5.75 Å². The van der Waals surface area contributed by atoms with E-state index in [0.717, 1.165) is 42.5 Å². The molecule has 0 fully saturated rings. The van der Waals surface area contributed by atoms with Gasteiger partial charge in [0.15, 0.2) is 5.96 Å². The van der Waals surface area contributed by atoms with E-state index in [1.807, 2.05) is 24.3 Å². The van der Waals surface area contributed by atoms with Gasteiger partial charge in [-0.2, -0.15) is 0 Å². The number of nitrogens with zero attached hydrogens (tertiary/aromatic N) is 1. The highest BCUT2D eigenvalue weighted by Crippen LogP contribution is 2.26. The van der Waals surface area contributed by atoms with Crippen molar-refractivity contribution >= 4 is 41.5 Å². The SMILES string of the molecule is CCNC(=NCC(C)c1ccccc1)NCCOc1ccc2c(c1)CCC(=O)N2.I. The Bertz CT molecular complexity index is 842. The molecule has 0 aromatic heterocycles. The lowest BCUT2D eigenvalue weighted by Gasteiger charge is -2.18. The van der Waals surface area contributed by atoms with Crippen LogP contribution in [-0.2, 0) is 11.2 Å². The summed E-state index contributed by atoms with van der Waals surface area (Å²) < 4.78 is 5.86. The summed E-state index contributed by atoms with van der Waals surface area (Å²) in [5.41, 5.74) is 3.31. The molecule has 6 nitrogen and oxygen atoms in total. The number of nitrogens with one attached hydrogen (secondary N) is 3. The Morgan fingerprint density at radius 3 is 2.73 bits per heavy atom. The van der Waals surface area contributed by atoms with E-state index in [4.69, 9.17) is 9.73 Å². The van der Waals surface area contributed by atoms with Gasteiger partial charge >= 0.3 is 0 Å². The van der Waals surface area contributed by atoms with E-state index in [1.54, 1.807) is 0 Å². The minimum atomic E-state index is 0. The highest BCUT2D eigenvalue weighted by atomic mass is 127. The van der Waals surface area contributed by atoms with E-state index in [2.05, 4.69) is 54.1 Å². The van der Waals surface area contributed by atoms with Gasteiger partial charge in [0.2, 0.25) is 5.91 Å². The predicted octanol–water partition coefficient (Wildman–Crippen LogP) is 3.93. The summed E-state index contributed by atoms with van der Waals surface area (Å²) in [6.45, 7) is 6.95. The molecule has 0 spiro atoms. The van der Waals surface area contributed by atoms with Crippen molar-refractivity contribution in [1.29, 1.82) is 0 Å². The standard InChI is InChI=1S/C23H30N4O2.HI/c1-3-24-23(26-16-17(2)18-7-5-4-6-8-18)25-13-14-29-20-10-11-21-19(15-20)9-12-22(28)27-21;/h4-8,10-11,15,17H,3,9,12-14,16H2,1-2H3,(H,27,28)(H2,24,25,26);1H. The molecule has 0 bridgehead atoms. The first-order valence-electron chi connectivity index (χ1n) is 10.3. The number of aryl methyl sites for hydroxylation is 1. The number of aliphatic imine (C=N–C) groups is 1. The molecule has 0 aliphatic carbocycles. The van der Waals surface area contributed by atoms with Crippen LogP contribution in [0.15, 0.2) is 53.5 Å². The Morgan fingerprint density at radius 1 is 1.17 bits per heavy atom. The summed E-state index contributed by atoms with van der Waals surface area (Å²) >= 11 is 0. The fraction of sp³-hybridized carbons (Fsp3) is 0.391. The molecular weight excluding hydrogens is 491 g/mol. The van der Waals surface area contributed by atoms with Crippen LogP contribution in [0.1, 0.15) is 37.3 Å². The van der Waals surface area contributed by atoms with Crippen LogP contribution < -0.4 is 20.7 Å². The number of fused-ring (bicyclic) bond motifs is 1. The number of halogens is 1. The summed E-state index contributed by atoms with van der Waals surface area (Å²) in [5, 5.41) is 9.49. The van der Waals surface area contributed by atoms with Gasteiger partial charge in [0.05, 0.1) is 6.54 Å². The van der Waals surface area contributed by atoms with Crippen molar-refractivity contribution < 1.29 is 9.53 Å². The van der Waals surface area contributed by atoms with E-state index >= 15 is 0 Å². The Hall–Kier alpha value is -2.29. The van der Waals surface area contributed by atoms with Crippen molar-refractivity contribution in [1.82, 2.24) is 10.6 Å². The van der Waals surface area contributed by atoms with Crippen LogP contribution in [0, 0.1) is 0 Å². The van der Waals surface area contributed by atoms with Crippen LogP contribution in [0.2, 0.25) is 0 Å². The van der Waals surface area contributed by atoms with Crippen molar-refractivity contribution in [3.05, 3.63) is 59.7 Å². The van der Waals surface area contributed by atoms with Gasteiger partial charge in [-0.3, -0.25) is 9.79 Å². The van der Waals surface area contributed by atoms with Crippen LogP contribution in [0.4, 0.5) is 5.69 Å². The number of benzene rings is 2. The highest BCUT2D eigenvalue weighted by Gasteiger charge is 2.15. The number of hydrogen-bond acceptors (Lipinski definition) is 3. The number of rotatable bonds is 8. The zero-order valence-corrected chi connectivity index (χ0v) is 19.9. The first-order valence-corrected chi connectivity index (χ1v) is 10.3. The van der Waals surface area contributed by atoms with Gasteiger partial charge in [-0.15, -0.1) is 24.0 Å². The molecule has 3 rings (SSSR count). The number of anilines is 1. The molecule has 1 atom stereocenters. The molecule has 3 N–H and O–H groups in total. The van der Waals surface area contributed by atoms with E-state index in [0.29, 0.717) is 25.5 Å². The molecule has 1 unspecified atom stereocenters. The Balaban J connectivity index is 0.00000320. The summed E-state index contributed by atoms with van der Waals surface area (Å²) in [4.78, 5) is 16.1. The van der Waals surface area contributed by atoms with E-state index in [-0.39, 0.29) is 29.9 Å². The van der Waals surface area contributed by atoms with Gasteiger partial charge in [-0.1, -0.05) is 37.3 Å². The van der Waals surface area contributed by atoms with Crippen molar-refractivity contribution in [2.75, 3.05) is 31.6 Å². The average molecular weight is 522 g/mol. The number of carbonyl (C=O) groups is 1. The Labute approximate surface area is 195 Å². The third kappa shape index (κ3) is 7.19. The minimum absolute atomic E-state index is 0. The maximum Gasteiger partial charge on any atom is 0.224 e. The molecule has 1 heterocycles.